The Balaban J connectivity index is 2.10. The van der Waals surface area contributed by atoms with Crippen LogP contribution in [0.15, 0.2) is 40.5 Å². The van der Waals surface area contributed by atoms with Gasteiger partial charge >= 0.3 is 0 Å². The van der Waals surface area contributed by atoms with E-state index in [0.29, 0.717) is 40.7 Å². The van der Waals surface area contributed by atoms with Crippen molar-refractivity contribution in [3.8, 4) is 23.0 Å². The highest BCUT2D eigenvalue weighted by molar-refractivity contribution is 9.10. The zero-order chi connectivity index (χ0) is 19.6. The van der Waals surface area contributed by atoms with Gasteiger partial charge in [-0.1, -0.05) is 22.0 Å². The molecule has 7 nitrogen and oxygen atoms in total. The molecule has 0 spiro atoms. The third-order valence-electron chi connectivity index (χ3n) is 4.08. The van der Waals surface area contributed by atoms with Gasteiger partial charge in [0.2, 0.25) is 6.10 Å². The van der Waals surface area contributed by atoms with E-state index >= 15 is 0 Å². The zero-order valence-electron chi connectivity index (χ0n) is 15.0. The SMILES string of the molecule is CCOc1ccc([C@@H]2Oc3c(cc(Br)cc3OC)C=C2[N+](=O)[O-])cc1OC. The molecule has 1 aliphatic heterocycles. The fourth-order valence-corrected chi connectivity index (χ4v) is 3.35. The summed E-state index contributed by atoms with van der Waals surface area (Å²) in [5, 5.41) is 11.7. The van der Waals surface area contributed by atoms with Crippen molar-refractivity contribution in [3.05, 3.63) is 61.7 Å². The summed E-state index contributed by atoms with van der Waals surface area (Å²) in [6.07, 6.45) is 0.590. The van der Waals surface area contributed by atoms with E-state index in [4.69, 9.17) is 18.9 Å². The van der Waals surface area contributed by atoms with Crippen LogP contribution < -0.4 is 18.9 Å². The smallest absolute Gasteiger partial charge is 0.291 e. The number of hydrogen-bond acceptors (Lipinski definition) is 6. The van der Waals surface area contributed by atoms with Crippen molar-refractivity contribution in [2.24, 2.45) is 0 Å². The van der Waals surface area contributed by atoms with Gasteiger partial charge in [-0.05, 0) is 31.2 Å². The van der Waals surface area contributed by atoms with E-state index < -0.39 is 11.0 Å². The summed E-state index contributed by atoms with van der Waals surface area (Å²) in [7, 11) is 3.04. The Kier molecular flexibility index (Phi) is 5.55. The summed E-state index contributed by atoms with van der Waals surface area (Å²) in [4.78, 5) is 11.2. The van der Waals surface area contributed by atoms with Gasteiger partial charge in [0.15, 0.2) is 23.0 Å². The average Bonchev–Trinajstić information content (AvgIpc) is 2.66. The van der Waals surface area contributed by atoms with Crippen molar-refractivity contribution in [2.75, 3.05) is 20.8 Å². The number of halogens is 1. The van der Waals surface area contributed by atoms with Crippen LogP contribution in [0.1, 0.15) is 24.2 Å². The van der Waals surface area contributed by atoms with Crippen molar-refractivity contribution >= 4 is 22.0 Å². The maximum atomic E-state index is 11.7. The van der Waals surface area contributed by atoms with Crippen LogP contribution in [0.3, 0.4) is 0 Å². The van der Waals surface area contributed by atoms with Crippen LogP contribution >= 0.6 is 15.9 Å². The molecule has 3 rings (SSSR count). The van der Waals surface area contributed by atoms with Gasteiger partial charge in [-0.15, -0.1) is 0 Å². The Bertz CT molecular complexity index is 911. The minimum absolute atomic E-state index is 0.0751. The highest BCUT2D eigenvalue weighted by Gasteiger charge is 2.35. The number of benzene rings is 2. The molecule has 0 saturated carbocycles. The molecule has 0 aliphatic carbocycles. The minimum atomic E-state index is -0.910. The first-order valence-electron chi connectivity index (χ1n) is 8.19. The minimum Gasteiger partial charge on any atom is -0.493 e. The number of hydrogen-bond donors (Lipinski definition) is 0. The molecule has 0 bridgehead atoms. The molecule has 1 aliphatic rings. The molecule has 2 aromatic rings. The fourth-order valence-electron chi connectivity index (χ4n) is 2.90. The Morgan fingerprint density at radius 1 is 1.15 bits per heavy atom. The van der Waals surface area contributed by atoms with Gasteiger partial charge in [-0.2, -0.15) is 0 Å². The second-order valence-corrected chi connectivity index (χ2v) is 6.61. The molecule has 0 amide bonds. The van der Waals surface area contributed by atoms with E-state index in [2.05, 4.69) is 15.9 Å². The van der Waals surface area contributed by atoms with Crippen LogP contribution in [0.2, 0.25) is 0 Å². The van der Waals surface area contributed by atoms with Crippen LogP contribution in [0.4, 0.5) is 0 Å². The number of methoxy groups -OCH3 is 2. The molecule has 0 N–H and O–H groups in total. The Morgan fingerprint density at radius 2 is 1.89 bits per heavy atom. The van der Waals surface area contributed by atoms with Crippen LogP contribution in [0.5, 0.6) is 23.0 Å². The summed E-state index contributed by atoms with van der Waals surface area (Å²) in [6, 6.07) is 8.62. The quantitative estimate of drug-likeness (QED) is 0.486. The van der Waals surface area contributed by atoms with Gasteiger partial charge in [0.05, 0.1) is 25.7 Å². The molecular formula is C19H18BrNO6. The lowest BCUT2D eigenvalue weighted by molar-refractivity contribution is -0.434. The molecule has 27 heavy (non-hydrogen) atoms. The maximum Gasteiger partial charge on any atom is 0.291 e. The van der Waals surface area contributed by atoms with Gasteiger partial charge in [0.25, 0.3) is 5.70 Å². The monoisotopic (exact) mass is 435 g/mol. The number of ether oxygens (including phenoxy) is 4. The normalized spacial score (nSPS) is 15.3. The highest BCUT2D eigenvalue weighted by atomic mass is 79.9. The predicted octanol–water partition coefficient (Wildman–Crippen LogP) is 4.62. The van der Waals surface area contributed by atoms with E-state index in [-0.39, 0.29) is 5.70 Å². The van der Waals surface area contributed by atoms with E-state index in [1.807, 2.05) is 6.92 Å². The van der Waals surface area contributed by atoms with E-state index in [9.17, 15) is 10.1 Å². The van der Waals surface area contributed by atoms with Gasteiger partial charge < -0.3 is 18.9 Å². The first kappa shape index (κ1) is 19.0. The van der Waals surface area contributed by atoms with Crippen molar-refractivity contribution in [3.63, 3.8) is 0 Å². The Labute approximate surface area is 164 Å². The lowest BCUT2D eigenvalue weighted by Crippen LogP contribution is -2.20. The summed E-state index contributed by atoms with van der Waals surface area (Å²) in [5.74, 6) is 1.98. The van der Waals surface area contributed by atoms with Crippen molar-refractivity contribution in [2.45, 2.75) is 13.0 Å². The van der Waals surface area contributed by atoms with Gasteiger partial charge in [-0.25, -0.2) is 0 Å². The van der Waals surface area contributed by atoms with Crippen LogP contribution in [0, 0.1) is 10.1 Å². The van der Waals surface area contributed by atoms with Gasteiger partial charge in [-0.3, -0.25) is 10.1 Å². The van der Waals surface area contributed by atoms with Crippen LogP contribution in [-0.4, -0.2) is 25.7 Å². The lowest BCUT2D eigenvalue weighted by Gasteiger charge is -2.25. The molecule has 1 atom stereocenters. The topological polar surface area (TPSA) is 80.1 Å². The highest BCUT2D eigenvalue weighted by Crippen LogP contribution is 2.45. The maximum absolute atomic E-state index is 11.7. The fraction of sp³-hybridized carbons (Fsp3) is 0.263. The van der Waals surface area contributed by atoms with E-state index in [1.165, 1.54) is 20.3 Å². The molecule has 8 heteroatoms. The standard InChI is InChI=1S/C19H18BrNO6/c1-4-26-15-6-5-11(9-16(15)24-2)18-14(21(22)23)8-12-7-13(20)10-17(25-3)19(12)27-18/h5-10,18H,4H2,1-3H3/t18-/m0/s1. The largest absolute Gasteiger partial charge is 0.493 e. The van der Waals surface area contributed by atoms with Gasteiger partial charge in [0, 0.05) is 21.7 Å². The van der Waals surface area contributed by atoms with Crippen molar-refractivity contribution in [1.82, 2.24) is 0 Å². The molecule has 0 saturated heterocycles. The number of rotatable bonds is 6. The van der Waals surface area contributed by atoms with Crippen molar-refractivity contribution in [1.29, 1.82) is 0 Å². The molecular weight excluding hydrogens is 418 g/mol. The Hall–Kier alpha value is -2.74. The summed E-state index contributed by atoms with van der Waals surface area (Å²) >= 11 is 3.38. The molecule has 0 radical (unpaired) electrons. The van der Waals surface area contributed by atoms with Crippen molar-refractivity contribution < 1.29 is 23.9 Å². The predicted molar refractivity (Wildman–Crippen MR) is 103 cm³/mol. The second-order valence-electron chi connectivity index (χ2n) is 5.69. The van der Waals surface area contributed by atoms with E-state index in [1.54, 1.807) is 30.3 Å². The molecule has 0 fully saturated rings. The molecule has 2 aromatic carbocycles. The third-order valence-corrected chi connectivity index (χ3v) is 4.53. The summed E-state index contributed by atoms with van der Waals surface area (Å²) < 4.78 is 23.0. The Morgan fingerprint density at radius 3 is 2.52 bits per heavy atom. The first-order valence-corrected chi connectivity index (χ1v) is 8.98. The van der Waals surface area contributed by atoms with Crippen LogP contribution in [-0.2, 0) is 0 Å². The second kappa shape index (κ2) is 7.87. The number of nitro groups is 1. The first-order chi connectivity index (χ1) is 13.0. The summed E-state index contributed by atoms with van der Waals surface area (Å²) in [6.45, 7) is 2.35. The van der Waals surface area contributed by atoms with Gasteiger partial charge in [0.1, 0.15) is 0 Å². The van der Waals surface area contributed by atoms with E-state index in [0.717, 1.165) is 4.47 Å². The zero-order valence-corrected chi connectivity index (χ0v) is 16.6. The molecule has 0 aromatic heterocycles. The average molecular weight is 436 g/mol. The number of nitrogens with zero attached hydrogens (tertiary/aromatic N) is 1. The lowest BCUT2D eigenvalue weighted by atomic mass is 10.00. The third kappa shape index (κ3) is 3.71. The molecule has 0 unspecified atom stereocenters. The molecule has 142 valence electrons. The van der Waals surface area contributed by atoms with Crippen LogP contribution in [0.25, 0.3) is 6.08 Å². The molecule has 1 heterocycles. The number of fused-ring (bicyclic) bond motifs is 1. The summed E-state index contributed by atoms with van der Waals surface area (Å²) in [5.41, 5.74) is 1.07.